The van der Waals surface area contributed by atoms with Crippen LogP contribution in [0.3, 0.4) is 0 Å². The number of nitrogens with zero attached hydrogens (tertiary/aromatic N) is 5. The first kappa shape index (κ1) is 14.4. The van der Waals surface area contributed by atoms with Gasteiger partial charge in [-0.25, -0.2) is 9.97 Å². The van der Waals surface area contributed by atoms with Crippen LogP contribution in [0.25, 0.3) is 0 Å². The molecule has 6 heteroatoms. The van der Waals surface area contributed by atoms with E-state index < -0.39 is 0 Å². The summed E-state index contributed by atoms with van der Waals surface area (Å²) in [7, 11) is 0. The number of rotatable bonds is 4. The molecule has 1 fully saturated rings. The van der Waals surface area contributed by atoms with Gasteiger partial charge in [0.25, 0.3) is 0 Å². The van der Waals surface area contributed by atoms with Crippen molar-refractivity contribution in [3.05, 3.63) is 35.3 Å². The van der Waals surface area contributed by atoms with E-state index >= 15 is 0 Å². The highest BCUT2D eigenvalue weighted by atomic mass is 15.3. The van der Waals surface area contributed by atoms with Crippen LogP contribution in [0.2, 0.25) is 0 Å². The zero-order valence-corrected chi connectivity index (χ0v) is 13.5. The van der Waals surface area contributed by atoms with Gasteiger partial charge < -0.3 is 10.2 Å². The summed E-state index contributed by atoms with van der Waals surface area (Å²) in [6, 6.07) is 2.24. The summed E-state index contributed by atoms with van der Waals surface area (Å²) in [6.45, 7) is 4.93. The van der Waals surface area contributed by atoms with Crippen molar-refractivity contribution in [2.45, 2.75) is 32.6 Å². The first-order valence-electron chi connectivity index (χ1n) is 8.41. The van der Waals surface area contributed by atoms with Gasteiger partial charge in [-0.2, -0.15) is 5.10 Å². The first-order chi connectivity index (χ1) is 11.3. The molecule has 2 aliphatic rings. The van der Waals surface area contributed by atoms with Gasteiger partial charge in [0, 0.05) is 37.9 Å². The van der Waals surface area contributed by atoms with Crippen LogP contribution in [0.1, 0.15) is 29.7 Å². The number of aromatic nitrogens is 4. The normalized spacial score (nSPS) is 17.5. The summed E-state index contributed by atoms with van der Waals surface area (Å²) in [5.41, 5.74) is 3.68. The molecule has 2 aromatic heterocycles. The van der Waals surface area contributed by atoms with Crippen molar-refractivity contribution >= 4 is 11.8 Å². The highest BCUT2D eigenvalue weighted by Gasteiger charge is 2.28. The number of aryl methyl sites for hydroxylation is 3. The van der Waals surface area contributed by atoms with Gasteiger partial charge in [-0.05, 0) is 49.8 Å². The van der Waals surface area contributed by atoms with Gasteiger partial charge in [-0.15, -0.1) is 5.10 Å². The molecule has 0 radical (unpaired) electrons. The van der Waals surface area contributed by atoms with Gasteiger partial charge in [0.05, 0.1) is 5.69 Å². The van der Waals surface area contributed by atoms with Crippen LogP contribution < -0.4 is 10.2 Å². The standard InChI is InChI=1S/C17H22N6/c1-12-7-18-17(19-8-12)20-9-13-10-23(11-13)16-6-14-4-2-3-5-15(14)21-22-16/h6-8,13H,2-5,9-11H2,1H3,(H,18,19,20). The van der Waals surface area contributed by atoms with Crippen molar-refractivity contribution in [3.63, 3.8) is 0 Å². The van der Waals surface area contributed by atoms with Gasteiger partial charge in [-0.3, -0.25) is 0 Å². The number of fused-ring (bicyclic) bond motifs is 1. The topological polar surface area (TPSA) is 66.8 Å². The fourth-order valence-corrected chi connectivity index (χ4v) is 3.24. The SMILES string of the molecule is Cc1cnc(NCC2CN(c3cc4c(nn3)CCCC4)C2)nc1. The second-order valence-corrected chi connectivity index (χ2v) is 6.62. The Hall–Kier alpha value is -2.24. The second-order valence-electron chi connectivity index (χ2n) is 6.62. The van der Waals surface area contributed by atoms with E-state index in [0.717, 1.165) is 43.9 Å². The van der Waals surface area contributed by atoms with Gasteiger partial charge in [0.1, 0.15) is 0 Å². The van der Waals surface area contributed by atoms with Crippen molar-refractivity contribution < 1.29 is 0 Å². The molecule has 2 aromatic rings. The Morgan fingerprint density at radius 2 is 1.91 bits per heavy atom. The first-order valence-corrected chi connectivity index (χ1v) is 8.41. The summed E-state index contributed by atoms with van der Waals surface area (Å²) < 4.78 is 0. The monoisotopic (exact) mass is 310 g/mol. The molecule has 0 aromatic carbocycles. The predicted octanol–water partition coefficient (Wildman–Crippen LogP) is 2.00. The van der Waals surface area contributed by atoms with Crippen LogP contribution in [-0.4, -0.2) is 39.8 Å². The predicted molar refractivity (Wildman–Crippen MR) is 89.6 cm³/mol. The molecule has 0 unspecified atom stereocenters. The van der Waals surface area contributed by atoms with E-state index in [9.17, 15) is 0 Å². The molecular formula is C17H22N6. The van der Waals surface area contributed by atoms with Crippen LogP contribution in [0.15, 0.2) is 18.5 Å². The van der Waals surface area contributed by atoms with Gasteiger partial charge >= 0.3 is 0 Å². The Morgan fingerprint density at radius 3 is 2.74 bits per heavy atom. The third-order valence-corrected chi connectivity index (χ3v) is 4.67. The van der Waals surface area contributed by atoms with Crippen LogP contribution in [0, 0.1) is 12.8 Å². The number of hydrogen-bond donors (Lipinski definition) is 1. The molecule has 4 rings (SSSR count). The van der Waals surface area contributed by atoms with Crippen molar-refractivity contribution in [1.29, 1.82) is 0 Å². The maximum absolute atomic E-state index is 4.42. The number of anilines is 2. The fourth-order valence-electron chi connectivity index (χ4n) is 3.24. The average Bonchev–Trinajstić information content (AvgIpc) is 2.55. The van der Waals surface area contributed by atoms with E-state index in [2.05, 4.69) is 36.4 Å². The summed E-state index contributed by atoms with van der Waals surface area (Å²) in [5.74, 6) is 2.36. The molecule has 0 bridgehead atoms. The molecule has 120 valence electrons. The van der Waals surface area contributed by atoms with E-state index in [1.54, 1.807) is 0 Å². The fraction of sp³-hybridized carbons (Fsp3) is 0.529. The summed E-state index contributed by atoms with van der Waals surface area (Å²) in [6.07, 6.45) is 8.45. The number of hydrogen-bond acceptors (Lipinski definition) is 6. The van der Waals surface area contributed by atoms with Gasteiger partial charge in [0.15, 0.2) is 5.82 Å². The lowest BCUT2D eigenvalue weighted by Gasteiger charge is -2.40. The van der Waals surface area contributed by atoms with Crippen LogP contribution in [-0.2, 0) is 12.8 Å². The third-order valence-electron chi connectivity index (χ3n) is 4.67. The Labute approximate surface area is 136 Å². The molecule has 1 saturated heterocycles. The van der Waals surface area contributed by atoms with Gasteiger partial charge in [-0.1, -0.05) is 0 Å². The van der Waals surface area contributed by atoms with Crippen molar-refractivity contribution in [2.75, 3.05) is 29.9 Å². The van der Waals surface area contributed by atoms with E-state index in [0.29, 0.717) is 11.9 Å². The largest absolute Gasteiger partial charge is 0.354 e. The minimum Gasteiger partial charge on any atom is -0.354 e. The maximum Gasteiger partial charge on any atom is 0.222 e. The van der Waals surface area contributed by atoms with Crippen LogP contribution in [0.5, 0.6) is 0 Å². The summed E-state index contributed by atoms with van der Waals surface area (Å²) in [4.78, 5) is 10.9. The molecule has 3 heterocycles. The number of nitrogens with one attached hydrogen (secondary N) is 1. The zero-order valence-electron chi connectivity index (χ0n) is 13.5. The van der Waals surface area contributed by atoms with Crippen LogP contribution >= 0.6 is 0 Å². The molecule has 23 heavy (non-hydrogen) atoms. The maximum atomic E-state index is 4.42. The quantitative estimate of drug-likeness (QED) is 0.932. The van der Waals surface area contributed by atoms with Crippen molar-refractivity contribution in [3.8, 4) is 0 Å². The molecular weight excluding hydrogens is 288 g/mol. The highest BCUT2D eigenvalue weighted by molar-refractivity contribution is 5.45. The molecule has 1 aliphatic carbocycles. The van der Waals surface area contributed by atoms with Crippen molar-refractivity contribution in [2.24, 2.45) is 5.92 Å². The molecule has 1 N–H and O–H groups in total. The molecule has 0 spiro atoms. The van der Waals surface area contributed by atoms with E-state index in [1.165, 1.54) is 24.1 Å². The third kappa shape index (κ3) is 3.11. The summed E-state index contributed by atoms with van der Waals surface area (Å²) >= 11 is 0. The lowest BCUT2D eigenvalue weighted by molar-refractivity contribution is 0.424. The van der Waals surface area contributed by atoms with E-state index in [4.69, 9.17) is 0 Å². The minimum atomic E-state index is 0.609. The summed E-state index contributed by atoms with van der Waals surface area (Å²) in [5, 5.41) is 12.1. The Morgan fingerprint density at radius 1 is 1.13 bits per heavy atom. The van der Waals surface area contributed by atoms with Crippen LogP contribution in [0.4, 0.5) is 11.8 Å². The molecule has 0 saturated carbocycles. The van der Waals surface area contributed by atoms with Gasteiger partial charge in [0.2, 0.25) is 5.95 Å². The Kier molecular flexibility index (Phi) is 3.81. The highest BCUT2D eigenvalue weighted by Crippen LogP contribution is 2.26. The molecule has 0 amide bonds. The average molecular weight is 310 g/mol. The van der Waals surface area contributed by atoms with E-state index in [1.807, 2.05) is 19.3 Å². The Balaban J connectivity index is 1.30. The van der Waals surface area contributed by atoms with Crippen molar-refractivity contribution in [1.82, 2.24) is 20.2 Å². The lowest BCUT2D eigenvalue weighted by Crippen LogP contribution is -2.50. The minimum absolute atomic E-state index is 0.609. The van der Waals surface area contributed by atoms with E-state index in [-0.39, 0.29) is 0 Å². The lowest BCUT2D eigenvalue weighted by atomic mass is 9.95. The zero-order chi connectivity index (χ0) is 15.6. The Bertz CT molecular complexity index is 678. The molecule has 0 atom stereocenters. The molecule has 1 aliphatic heterocycles. The smallest absolute Gasteiger partial charge is 0.222 e. The second kappa shape index (κ2) is 6.10. The molecule has 6 nitrogen and oxygen atoms in total.